The van der Waals surface area contributed by atoms with Gasteiger partial charge in [0.05, 0.1) is 6.42 Å². The molecule has 0 atom stereocenters. The summed E-state index contributed by atoms with van der Waals surface area (Å²) < 4.78 is 135. The van der Waals surface area contributed by atoms with Gasteiger partial charge in [-0.25, -0.2) is 0 Å². The Labute approximate surface area is 99.1 Å². The summed E-state index contributed by atoms with van der Waals surface area (Å²) in [5.74, 6) is -24.0. The van der Waals surface area contributed by atoms with E-state index in [-0.39, 0.29) is 0 Å². The first-order chi connectivity index (χ1) is 8.02. The van der Waals surface area contributed by atoms with Crippen LogP contribution in [0.4, 0.5) is 48.3 Å². The molecule has 0 aliphatic carbocycles. The van der Waals surface area contributed by atoms with Crippen molar-refractivity contribution in [2.24, 2.45) is 0 Å². The van der Waals surface area contributed by atoms with Crippen LogP contribution in [0, 0.1) is 0 Å². The second-order valence-corrected chi connectivity index (χ2v) is 3.72. The monoisotopic (exact) mass is 312 g/mol. The summed E-state index contributed by atoms with van der Waals surface area (Å²) in [6.45, 7) is 0.438. The van der Waals surface area contributed by atoms with E-state index in [1.807, 2.05) is 0 Å². The Kier molecular flexibility index (Phi) is 4.46. The van der Waals surface area contributed by atoms with Gasteiger partial charge in [0.1, 0.15) is 0 Å². The Morgan fingerprint density at radius 1 is 0.579 bits per heavy atom. The molecule has 0 rings (SSSR count). The Morgan fingerprint density at radius 3 is 1.21 bits per heavy atom. The normalized spacial score (nSPS) is 15.8. The van der Waals surface area contributed by atoms with E-state index in [4.69, 9.17) is 0 Å². The molecule has 0 aromatic carbocycles. The van der Waals surface area contributed by atoms with E-state index in [0.29, 0.717) is 6.92 Å². The first-order valence-corrected chi connectivity index (χ1v) is 4.60. The van der Waals surface area contributed by atoms with E-state index in [0.717, 1.165) is 0 Å². The van der Waals surface area contributed by atoms with Gasteiger partial charge in [-0.1, -0.05) is 6.92 Å². The minimum atomic E-state index is -6.84. The highest BCUT2D eigenvalue weighted by atomic mass is 19.4. The zero-order chi connectivity index (χ0) is 15.9. The second kappa shape index (κ2) is 4.65. The standard InChI is InChI=1S/C8H7F11/c1-2-4(9,10)5(11,12)3-6(13,14)7(15,16)8(17,18)19/h2-3H2,1H3. The Balaban J connectivity index is 5.39. The predicted octanol–water partition coefficient (Wildman–Crippen LogP) is 4.89. The van der Waals surface area contributed by atoms with Crippen LogP contribution in [0.25, 0.3) is 0 Å². The lowest BCUT2D eigenvalue weighted by atomic mass is 9.97. The molecule has 19 heavy (non-hydrogen) atoms. The third kappa shape index (κ3) is 3.22. The third-order valence-electron chi connectivity index (χ3n) is 2.24. The molecule has 116 valence electrons. The van der Waals surface area contributed by atoms with Gasteiger partial charge in [0.25, 0.3) is 0 Å². The molecule has 11 heteroatoms. The van der Waals surface area contributed by atoms with Crippen molar-refractivity contribution in [3.63, 3.8) is 0 Å². The molecule has 0 aromatic heterocycles. The molecule has 0 nitrogen and oxygen atoms in total. The van der Waals surface area contributed by atoms with E-state index in [1.54, 1.807) is 0 Å². The van der Waals surface area contributed by atoms with Crippen LogP contribution in [0.2, 0.25) is 0 Å². The van der Waals surface area contributed by atoms with E-state index < -0.39 is 42.7 Å². The fourth-order valence-electron chi connectivity index (χ4n) is 0.985. The van der Waals surface area contributed by atoms with Crippen LogP contribution in [0.1, 0.15) is 19.8 Å². The smallest absolute Gasteiger partial charge is 0.200 e. The summed E-state index contributed by atoms with van der Waals surface area (Å²) in [7, 11) is 0. The Hall–Kier alpha value is -0.770. The van der Waals surface area contributed by atoms with Crippen molar-refractivity contribution in [3.8, 4) is 0 Å². The number of rotatable bonds is 5. The molecule has 0 fully saturated rings. The Bertz CT molecular complexity index is 313. The zero-order valence-corrected chi connectivity index (χ0v) is 9.07. The molecule has 0 spiro atoms. The molecule has 0 saturated heterocycles. The van der Waals surface area contributed by atoms with Crippen molar-refractivity contribution in [3.05, 3.63) is 0 Å². The number of halogens is 11. The van der Waals surface area contributed by atoms with Crippen LogP contribution < -0.4 is 0 Å². The summed E-state index contributed by atoms with van der Waals surface area (Å²) >= 11 is 0. The maximum absolute atomic E-state index is 12.7. The molecule has 0 amide bonds. The van der Waals surface area contributed by atoms with E-state index in [9.17, 15) is 48.3 Å². The van der Waals surface area contributed by atoms with Crippen molar-refractivity contribution in [2.75, 3.05) is 0 Å². The Morgan fingerprint density at radius 2 is 0.947 bits per heavy atom. The third-order valence-corrected chi connectivity index (χ3v) is 2.24. The number of hydrogen-bond acceptors (Lipinski definition) is 0. The second-order valence-electron chi connectivity index (χ2n) is 3.72. The zero-order valence-electron chi connectivity index (χ0n) is 9.07. The van der Waals surface area contributed by atoms with Gasteiger partial charge in [-0.15, -0.1) is 0 Å². The van der Waals surface area contributed by atoms with Crippen LogP contribution in [0.5, 0.6) is 0 Å². The maximum Gasteiger partial charge on any atom is 0.459 e. The maximum atomic E-state index is 12.7. The quantitative estimate of drug-likeness (QED) is 0.634. The summed E-state index contributed by atoms with van der Waals surface area (Å²) in [6, 6.07) is 0. The SMILES string of the molecule is CCC(F)(F)C(F)(F)CC(F)(F)C(F)(F)C(F)(F)F. The average molecular weight is 312 g/mol. The molecular formula is C8H7F11. The van der Waals surface area contributed by atoms with Crippen molar-refractivity contribution in [2.45, 2.75) is 49.6 Å². The van der Waals surface area contributed by atoms with Gasteiger partial charge in [-0.2, -0.15) is 48.3 Å². The minimum Gasteiger partial charge on any atom is -0.200 e. The molecule has 0 bridgehead atoms. The predicted molar refractivity (Wildman–Crippen MR) is 40.8 cm³/mol. The summed E-state index contributed by atoms with van der Waals surface area (Å²) in [5.41, 5.74) is 0. The fraction of sp³-hybridized carbons (Fsp3) is 1.00. The minimum absolute atomic E-state index is 0.438. The first kappa shape index (κ1) is 18.2. The highest BCUT2D eigenvalue weighted by molar-refractivity contribution is 4.97. The molecule has 0 N–H and O–H groups in total. The molecule has 0 aliphatic rings. The topological polar surface area (TPSA) is 0 Å². The molecule has 0 heterocycles. The summed E-state index contributed by atoms with van der Waals surface area (Å²) in [6.07, 6.45) is -12.2. The molecule has 0 aromatic rings. The van der Waals surface area contributed by atoms with Crippen molar-refractivity contribution < 1.29 is 48.3 Å². The van der Waals surface area contributed by atoms with E-state index in [2.05, 4.69) is 0 Å². The molecule has 0 saturated carbocycles. The molecule has 0 unspecified atom stereocenters. The van der Waals surface area contributed by atoms with E-state index >= 15 is 0 Å². The highest BCUT2D eigenvalue weighted by Crippen LogP contribution is 2.53. The van der Waals surface area contributed by atoms with Crippen LogP contribution >= 0.6 is 0 Å². The van der Waals surface area contributed by atoms with Crippen molar-refractivity contribution in [1.29, 1.82) is 0 Å². The van der Waals surface area contributed by atoms with Crippen molar-refractivity contribution >= 4 is 0 Å². The van der Waals surface area contributed by atoms with Crippen molar-refractivity contribution in [1.82, 2.24) is 0 Å². The molecule has 0 radical (unpaired) electrons. The lowest BCUT2D eigenvalue weighted by molar-refractivity contribution is -0.370. The summed E-state index contributed by atoms with van der Waals surface area (Å²) in [5, 5.41) is 0. The van der Waals surface area contributed by atoms with Crippen LogP contribution in [-0.2, 0) is 0 Å². The van der Waals surface area contributed by atoms with Gasteiger partial charge in [0, 0.05) is 6.42 Å². The van der Waals surface area contributed by atoms with Gasteiger partial charge in [-0.3, -0.25) is 0 Å². The number of alkyl halides is 11. The highest BCUT2D eigenvalue weighted by Gasteiger charge is 2.76. The van der Waals surface area contributed by atoms with Gasteiger partial charge < -0.3 is 0 Å². The van der Waals surface area contributed by atoms with Gasteiger partial charge >= 0.3 is 29.9 Å². The summed E-state index contributed by atoms with van der Waals surface area (Å²) in [4.78, 5) is 0. The lowest BCUT2D eigenvalue weighted by Gasteiger charge is -2.33. The van der Waals surface area contributed by atoms with Gasteiger partial charge in [0.15, 0.2) is 0 Å². The van der Waals surface area contributed by atoms with Crippen LogP contribution in [-0.4, -0.2) is 29.9 Å². The lowest BCUT2D eigenvalue weighted by Crippen LogP contribution is -2.56. The largest absolute Gasteiger partial charge is 0.459 e. The van der Waals surface area contributed by atoms with Crippen LogP contribution in [0.15, 0.2) is 0 Å². The number of hydrogen-bond donors (Lipinski definition) is 0. The average Bonchev–Trinajstić information content (AvgIpc) is 2.13. The fourth-order valence-corrected chi connectivity index (χ4v) is 0.985. The van der Waals surface area contributed by atoms with Gasteiger partial charge in [0.2, 0.25) is 0 Å². The first-order valence-electron chi connectivity index (χ1n) is 4.60. The molecule has 0 aliphatic heterocycles. The van der Waals surface area contributed by atoms with Gasteiger partial charge in [-0.05, 0) is 0 Å². The van der Waals surface area contributed by atoms with Crippen LogP contribution in [0.3, 0.4) is 0 Å². The van der Waals surface area contributed by atoms with E-state index in [1.165, 1.54) is 0 Å². The molecular weight excluding hydrogens is 305 g/mol.